The van der Waals surface area contributed by atoms with Crippen molar-refractivity contribution in [3.8, 4) is 11.5 Å². The van der Waals surface area contributed by atoms with Crippen molar-refractivity contribution in [2.24, 2.45) is 0 Å². The first kappa shape index (κ1) is 18.2. The molecule has 1 N–H and O–H groups in total. The van der Waals surface area contributed by atoms with Crippen molar-refractivity contribution < 1.29 is 28.7 Å². The van der Waals surface area contributed by atoms with E-state index in [-0.39, 0.29) is 18.0 Å². The summed E-state index contributed by atoms with van der Waals surface area (Å²) in [4.78, 5) is 34.3. The van der Waals surface area contributed by atoms with Crippen LogP contribution in [0.25, 0.3) is 0 Å². The van der Waals surface area contributed by atoms with Crippen molar-refractivity contribution >= 4 is 23.3 Å². The number of nitrogens with zero attached hydrogens (tertiary/aromatic N) is 1. The molecule has 3 rings (SSSR count). The maximum absolute atomic E-state index is 12.1. The fourth-order valence-corrected chi connectivity index (χ4v) is 2.41. The Morgan fingerprint density at radius 3 is 2.74 bits per heavy atom. The monoisotopic (exact) mass is 372 g/mol. The average Bonchev–Trinajstić information content (AvgIpc) is 2.67. The predicted octanol–water partition coefficient (Wildman–Crippen LogP) is 2.22. The molecule has 0 aromatic heterocycles. The van der Waals surface area contributed by atoms with E-state index in [9.17, 15) is 19.7 Å². The van der Waals surface area contributed by atoms with Crippen molar-refractivity contribution in [2.75, 3.05) is 18.5 Å². The van der Waals surface area contributed by atoms with E-state index in [1.54, 1.807) is 31.2 Å². The molecule has 2 aromatic rings. The third-order valence-corrected chi connectivity index (χ3v) is 3.82. The molecule has 2 aromatic carbocycles. The molecule has 0 saturated heterocycles. The summed E-state index contributed by atoms with van der Waals surface area (Å²) in [6.45, 7) is 1.11. The molecule has 9 heteroatoms. The van der Waals surface area contributed by atoms with Gasteiger partial charge in [-0.1, -0.05) is 18.2 Å². The molecule has 0 aliphatic carbocycles. The fourth-order valence-electron chi connectivity index (χ4n) is 2.41. The van der Waals surface area contributed by atoms with Gasteiger partial charge in [0.1, 0.15) is 6.61 Å². The van der Waals surface area contributed by atoms with Gasteiger partial charge in [-0.25, -0.2) is 4.79 Å². The highest BCUT2D eigenvalue weighted by Crippen LogP contribution is 2.31. The SMILES string of the molecule is Cc1ccc([N+](=O)[O-])cc1NC(=O)COC(=O)[C@H]1COc2ccccc2O1. The lowest BCUT2D eigenvalue weighted by molar-refractivity contribution is -0.384. The lowest BCUT2D eigenvalue weighted by atomic mass is 10.2. The molecule has 1 aliphatic rings. The zero-order valence-electron chi connectivity index (χ0n) is 14.3. The Morgan fingerprint density at radius 1 is 1.26 bits per heavy atom. The van der Waals surface area contributed by atoms with Crippen LogP contribution in [-0.4, -0.2) is 36.1 Å². The summed E-state index contributed by atoms with van der Waals surface area (Å²) in [6, 6.07) is 11.0. The Bertz CT molecular complexity index is 897. The van der Waals surface area contributed by atoms with Crippen LogP contribution < -0.4 is 14.8 Å². The van der Waals surface area contributed by atoms with Gasteiger partial charge in [-0.15, -0.1) is 0 Å². The fraction of sp³-hybridized carbons (Fsp3) is 0.222. The summed E-state index contributed by atoms with van der Waals surface area (Å²) in [6.07, 6.45) is -0.979. The minimum absolute atomic E-state index is 0.0263. The average molecular weight is 372 g/mol. The van der Waals surface area contributed by atoms with Gasteiger partial charge >= 0.3 is 5.97 Å². The number of esters is 1. The Hall–Kier alpha value is -3.62. The summed E-state index contributed by atoms with van der Waals surface area (Å²) < 4.78 is 15.9. The van der Waals surface area contributed by atoms with Gasteiger partial charge in [-0.2, -0.15) is 0 Å². The third kappa shape index (κ3) is 4.32. The zero-order chi connectivity index (χ0) is 19.4. The summed E-state index contributed by atoms with van der Waals surface area (Å²) >= 11 is 0. The van der Waals surface area contributed by atoms with Crippen LogP contribution in [0.2, 0.25) is 0 Å². The first-order valence-electron chi connectivity index (χ1n) is 8.04. The maximum atomic E-state index is 12.1. The lowest BCUT2D eigenvalue weighted by Gasteiger charge is -2.24. The number of fused-ring (bicyclic) bond motifs is 1. The summed E-state index contributed by atoms with van der Waals surface area (Å²) in [7, 11) is 0. The van der Waals surface area contributed by atoms with Crippen molar-refractivity contribution in [3.05, 3.63) is 58.1 Å². The van der Waals surface area contributed by atoms with Crippen molar-refractivity contribution in [1.82, 2.24) is 0 Å². The third-order valence-electron chi connectivity index (χ3n) is 3.82. The predicted molar refractivity (Wildman–Crippen MR) is 93.8 cm³/mol. The number of carbonyl (C=O) groups is 2. The van der Waals surface area contributed by atoms with Crippen LogP contribution in [0.4, 0.5) is 11.4 Å². The number of hydrogen-bond donors (Lipinski definition) is 1. The number of rotatable bonds is 5. The number of para-hydroxylation sites is 2. The Labute approximate surface area is 154 Å². The minimum atomic E-state index is -0.979. The number of carbonyl (C=O) groups excluding carboxylic acids is 2. The zero-order valence-corrected chi connectivity index (χ0v) is 14.3. The van der Waals surface area contributed by atoms with Crippen LogP contribution in [0.5, 0.6) is 11.5 Å². The highest BCUT2D eigenvalue weighted by molar-refractivity contribution is 5.94. The number of anilines is 1. The van der Waals surface area contributed by atoms with E-state index in [0.717, 1.165) is 0 Å². The number of benzene rings is 2. The van der Waals surface area contributed by atoms with Gasteiger partial charge in [0.15, 0.2) is 18.1 Å². The second-order valence-corrected chi connectivity index (χ2v) is 5.78. The molecular formula is C18H16N2O7. The van der Waals surface area contributed by atoms with Gasteiger partial charge < -0.3 is 19.5 Å². The first-order chi connectivity index (χ1) is 12.9. The van der Waals surface area contributed by atoms with Gasteiger partial charge in [-0.3, -0.25) is 14.9 Å². The number of nitro benzene ring substituents is 1. The number of non-ortho nitro benzene ring substituents is 1. The maximum Gasteiger partial charge on any atom is 0.351 e. The number of aryl methyl sites for hydroxylation is 1. The Kier molecular flexibility index (Phi) is 5.20. The highest BCUT2D eigenvalue weighted by atomic mass is 16.6. The van der Waals surface area contributed by atoms with Crippen molar-refractivity contribution in [3.63, 3.8) is 0 Å². The topological polar surface area (TPSA) is 117 Å². The van der Waals surface area contributed by atoms with E-state index in [0.29, 0.717) is 17.1 Å². The van der Waals surface area contributed by atoms with E-state index in [2.05, 4.69) is 5.32 Å². The van der Waals surface area contributed by atoms with Gasteiger partial charge in [-0.05, 0) is 24.6 Å². The van der Waals surface area contributed by atoms with E-state index in [1.807, 2.05) is 0 Å². The van der Waals surface area contributed by atoms with Crippen LogP contribution in [0.3, 0.4) is 0 Å². The van der Waals surface area contributed by atoms with Crippen LogP contribution in [0.15, 0.2) is 42.5 Å². The molecule has 0 spiro atoms. The standard InChI is InChI=1S/C18H16N2O7/c1-11-6-7-12(20(23)24)8-13(11)19-17(21)10-26-18(22)16-9-25-14-4-2-3-5-15(14)27-16/h2-8,16H,9-10H2,1H3,(H,19,21)/t16-/m1/s1. The molecule has 0 saturated carbocycles. The van der Waals surface area contributed by atoms with Crippen molar-refractivity contribution in [1.29, 1.82) is 0 Å². The van der Waals surface area contributed by atoms with E-state index < -0.39 is 29.5 Å². The lowest BCUT2D eigenvalue weighted by Crippen LogP contribution is -2.39. The molecule has 1 heterocycles. The van der Waals surface area contributed by atoms with Crippen LogP contribution in [-0.2, 0) is 14.3 Å². The highest BCUT2D eigenvalue weighted by Gasteiger charge is 2.29. The smallest absolute Gasteiger partial charge is 0.351 e. The number of nitro groups is 1. The Balaban J connectivity index is 1.54. The van der Waals surface area contributed by atoms with E-state index in [4.69, 9.17) is 14.2 Å². The van der Waals surface area contributed by atoms with Crippen LogP contribution >= 0.6 is 0 Å². The van der Waals surface area contributed by atoms with Gasteiger partial charge in [0.25, 0.3) is 11.6 Å². The number of hydrogen-bond acceptors (Lipinski definition) is 7. The van der Waals surface area contributed by atoms with E-state index in [1.165, 1.54) is 18.2 Å². The van der Waals surface area contributed by atoms with E-state index >= 15 is 0 Å². The quantitative estimate of drug-likeness (QED) is 0.486. The van der Waals surface area contributed by atoms with Gasteiger partial charge in [0.2, 0.25) is 6.10 Å². The summed E-state index contributed by atoms with van der Waals surface area (Å²) in [5, 5.41) is 13.3. The Morgan fingerprint density at radius 2 is 2.00 bits per heavy atom. The van der Waals surface area contributed by atoms with Gasteiger partial charge in [0.05, 0.1) is 10.6 Å². The summed E-state index contributed by atoms with van der Waals surface area (Å²) in [5.41, 5.74) is 0.761. The molecule has 0 radical (unpaired) electrons. The second-order valence-electron chi connectivity index (χ2n) is 5.78. The van der Waals surface area contributed by atoms with Gasteiger partial charge in [0, 0.05) is 12.1 Å². The molecule has 0 bridgehead atoms. The molecule has 1 amide bonds. The number of ether oxygens (including phenoxy) is 3. The molecule has 27 heavy (non-hydrogen) atoms. The number of nitrogens with one attached hydrogen (secondary N) is 1. The number of amides is 1. The molecule has 0 unspecified atom stereocenters. The largest absolute Gasteiger partial charge is 0.485 e. The molecule has 1 aliphatic heterocycles. The first-order valence-corrected chi connectivity index (χ1v) is 8.04. The molecule has 0 fully saturated rings. The molecular weight excluding hydrogens is 356 g/mol. The van der Waals surface area contributed by atoms with Crippen LogP contribution in [0.1, 0.15) is 5.56 Å². The molecule has 140 valence electrons. The summed E-state index contributed by atoms with van der Waals surface area (Å²) in [5.74, 6) is -0.415. The van der Waals surface area contributed by atoms with Crippen LogP contribution in [0, 0.1) is 17.0 Å². The second kappa shape index (κ2) is 7.73. The molecule has 1 atom stereocenters. The normalized spacial score (nSPS) is 14.9. The minimum Gasteiger partial charge on any atom is -0.485 e. The van der Waals surface area contributed by atoms with Crippen molar-refractivity contribution in [2.45, 2.75) is 13.0 Å². The molecule has 9 nitrogen and oxygen atoms in total.